The molecule has 0 aliphatic rings. The van der Waals surface area contributed by atoms with Gasteiger partial charge in [-0.05, 0) is 25.1 Å². The molecule has 1 heterocycles. The van der Waals surface area contributed by atoms with Crippen LogP contribution in [0.5, 0.6) is 0 Å². The fourth-order valence-electron chi connectivity index (χ4n) is 2.23. The Morgan fingerprint density at radius 1 is 1.24 bits per heavy atom. The molecule has 21 heavy (non-hydrogen) atoms. The van der Waals surface area contributed by atoms with Crippen LogP contribution in [0.15, 0.2) is 30.3 Å². The monoisotopic (exact) mass is 325 g/mol. The van der Waals surface area contributed by atoms with E-state index in [1.54, 1.807) is 28.8 Å². The van der Waals surface area contributed by atoms with Crippen LogP contribution < -0.4 is 0 Å². The van der Waals surface area contributed by atoms with E-state index >= 15 is 0 Å². The number of aliphatic carboxylic acids is 1. The van der Waals surface area contributed by atoms with Crippen molar-refractivity contribution in [3.63, 3.8) is 0 Å². The fourth-order valence-corrected chi connectivity index (χ4v) is 2.73. The second-order valence-electron chi connectivity index (χ2n) is 4.49. The van der Waals surface area contributed by atoms with E-state index in [1.807, 2.05) is 6.92 Å². The molecule has 2 rings (SSSR count). The number of hydrogen-bond donors (Lipinski definition) is 1. The first-order valence-corrected chi connectivity index (χ1v) is 7.09. The molecule has 0 spiro atoms. The number of benzene rings is 1. The van der Waals surface area contributed by atoms with Gasteiger partial charge in [-0.1, -0.05) is 35.3 Å². The number of halogens is 2. The van der Waals surface area contributed by atoms with Gasteiger partial charge >= 0.3 is 5.97 Å². The first kappa shape index (κ1) is 15.6. The van der Waals surface area contributed by atoms with Gasteiger partial charge in [-0.25, -0.2) is 0 Å². The van der Waals surface area contributed by atoms with Crippen LogP contribution >= 0.6 is 23.2 Å². The highest BCUT2D eigenvalue weighted by Gasteiger charge is 2.22. The third kappa shape index (κ3) is 3.28. The van der Waals surface area contributed by atoms with Crippen molar-refractivity contribution in [2.75, 3.05) is 0 Å². The molecule has 0 radical (unpaired) electrons. The average molecular weight is 326 g/mol. The molecule has 2 aromatic rings. The van der Waals surface area contributed by atoms with Gasteiger partial charge in [0, 0.05) is 22.8 Å². The molecule has 0 saturated carbocycles. The highest BCUT2D eigenvalue weighted by atomic mass is 35.5. The summed E-state index contributed by atoms with van der Waals surface area (Å²) in [6.07, 6.45) is -0.184. The molecule has 0 saturated heterocycles. The summed E-state index contributed by atoms with van der Waals surface area (Å²) in [6, 6.07) is 8.09. The molecule has 0 aliphatic carbocycles. The fraction of sp³-hybridized carbons (Fsp3) is 0.200. The van der Waals surface area contributed by atoms with Gasteiger partial charge in [0.2, 0.25) is 5.78 Å². The first-order valence-electron chi connectivity index (χ1n) is 6.34. The molecule has 6 heteroatoms. The van der Waals surface area contributed by atoms with Gasteiger partial charge < -0.3 is 9.67 Å². The minimum atomic E-state index is -0.972. The van der Waals surface area contributed by atoms with Crippen LogP contribution in [0, 0.1) is 0 Å². The number of aromatic nitrogens is 1. The van der Waals surface area contributed by atoms with E-state index in [0.717, 1.165) is 0 Å². The lowest BCUT2D eigenvalue weighted by Gasteiger charge is -2.10. The Balaban J connectivity index is 2.50. The summed E-state index contributed by atoms with van der Waals surface area (Å²) in [5, 5.41) is 9.62. The Morgan fingerprint density at radius 2 is 1.95 bits per heavy atom. The van der Waals surface area contributed by atoms with Crippen molar-refractivity contribution in [2.45, 2.75) is 19.9 Å². The van der Waals surface area contributed by atoms with Crippen LogP contribution in [-0.2, 0) is 17.8 Å². The smallest absolute Gasteiger partial charge is 0.309 e. The van der Waals surface area contributed by atoms with Gasteiger partial charge in [0.25, 0.3) is 0 Å². The number of carbonyl (C=O) groups is 2. The molecule has 4 nitrogen and oxygen atoms in total. The maximum absolute atomic E-state index is 12.6. The number of carbonyl (C=O) groups excluding carboxylic acids is 1. The van der Waals surface area contributed by atoms with Gasteiger partial charge in [-0.3, -0.25) is 9.59 Å². The molecule has 1 N–H and O–H groups in total. The summed E-state index contributed by atoms with van der Waals surface area (Å²) in [6.45, 7) is 2.29. The Morgan fingerprint density at radius 3 is 2.52 bits per heavy atom. The van der Waals surface area contributed by atoms with E-state index in [2.05, 4.69) is 0 Å². The number of carboxylic acid groups (broad SMARTS) is 1. The van der Waals surface area contributed by atoms with Crippen LogP contribution in [0.4, 0.5) is 0 Å². The van der Waals surface area contributed by atoms with Crippen LogP contribution in [-0.4, -0.2) is 21.4 Å². The molecule has 0 bridgehead atoms. The lowest BCUT2D eigenvalue weighted by Crippen LogP contribution is -2.14. The standard InChI is InChI=1S/C15H13Cl2NO3/c1-2-18-11(8-13(19)20)7-12(17)14(18)15(21)9-4-3-5-10(16)6-9/h3-7H,2,8H2,1H3,(H,19,20). The summed E-state index contributed by atoms with van der Waals surface area (Å²) in [5.41, 5.74) is 1.21. The summed E-state index contributed by atoms with van der Waals surface area (Å²) >= 11 is 12.0. The zero-order valence-corrected chi connectivity index (χ0v) is 12.8. The Bertz CT molecular complexity index is 707. The van der Waals surface area contributed by atoms with E-state index in [4.69, 9.17) is 28.3 Å². The quantitative estimate of drug-likeness (QED) is 0.853. The Kier molecular flexibility index (Phi) is 4.70. The summed E-state index contributed by atoms with van der Waals surface area (Å²) in [4.78, 5) is 23.5. The van der Waals surface area contributed by atoms with Crippen molar-refractivity contribution in [1.82, 2.24) is 4.57 Å². The molecule has 0 aliphatic heterocycles. The predicted molar refractivity (Wildman–Crippen MR) is 81.3 cm³/mol. The van der Waals surface area contributed by atoms with Crippen molar-refractivity contribution < 1.29 is 14.7 Å². The average Bonchev–Trinajstić information content (AvgIpc) is 2.72. The van der Waals surface area contributed by atoms with Crippen molar-refractivity contribution in [3.05, 3.63) is 57.3 Å². The Labute approximate surface area is 131 Å². The lowest BCUT2D eigenvalue weighted by molar-refractivity contribution is -0.136. The number of ketones is 1. The number of rotatable bonds is 5. The van der Waals surface area contributed by atoms with Crippen LogP contribution in [0.3, 0.4) is 0 Å². The maximum Gasteiger partial charge on any atom is 0.309 e. The van der Waals surface area contributed by atoms with Crippen molar-refractivity contribution in [2.24, 2.45) is 0 Å². The molecular formula is C15H13Cl2NO3. The molecule has 0 atom stereocenters. The van der Waals surface area contributed by atoms with Crippen molar-refractivity contribution >= 4 is 35.0 Å². The van der Waals surface area contributed by atoms with Crippen LogP contribution in [0.25, 0.3) is 0 Å². The molecule has 0 amide bonds. The summed E-state index contributed by atoms with van der Waals surface area (Å²) in [5.74, 6) is -1.25. The van der Waals surface area contributed by atoms with E-state index < -0.39 is 5.97 Å². The second kappa shape index (κ2) is 6.33. The highest BCUT2D eigenvalue weighted by Crippen LogP contribution is 2.25. The minimum Gasteiger partial charge on any atom is -0.481 e. The third-order valence-corrected chi connectivity index (χ3v) is 3.61. The van der Waals surface area contributed by atoms with E-state index in [1.165, 1.54) is 6.07 Å². The second-order valence-corrected chi connectivity index (χ2v) is 5.33. The van der Waals surface area contributed by atoms with Gasteiger partial charge in [0.15, 0.2) is 0 Å². The molecule has 1 aromatic heterocycles. The Hall–Kier alpha value is -1.78. The zero-order chi connectivity index (χ0) is 15.6. The molecule has 110 valence electrons. The zero-order valence-electron chi connectivity index (χ0n) is 11.3. The van der Waals surface area contributed by atoms with E-state index in [-0.39, 0.29) is 22.9 Å². The number of carboxylic acids is 1. The van der Waals surface area contributed by atoms with E-state index in [0.29, 0.717) is 22.8 Å². The topological polar surface area (TPSA) is 59.3 Å². The number of hydrogen-bond acceptors (Lipinski definition) is 2. The number of nitrogens with zero attached hydrogens (tertiary/aromatic N) is 1. The molecule has 1 aromatic carbocycles. The SMILES string of the molecule is CCn1c(CC(=O)O)cc(Cl)c1C(=O)c1cccc(Cl)c1. The third-order valence-electron chi connectivity index (χ3n) is 3.09. The molecular weight excluding hydrogens is 313 g/mol. The van der Waals surface area contributed by atoms with Gasteiger partial charge in [0.05, 0.1) is 11.4 Å². The lowest BCUT2D eigenvalue weighted by atomic mass is 10.1. The summed E-state index contributed by atoms with van der Waals surface area (Å²) < 4.78 is 1.62. The molecule has 0 unspecified atom stereocenters. The van der Waals surface area contributed by atoms with Crippen molar-refractivity contribution in [1.29, 1.82) is 0 Å². The van der Waals surface area contributed by atoms with Crippen molar-refractivity contribution in [3.8, 4) is 0 Å². The van der Waals surface area contributed by atoms with E-state index in [9.17, 15) is 9.59 Å². The van der Waals surface area contributed by atoms with Gasteiger partial charge in [-0.15, -0.1) is 0 Å². The van der Waals surface area contributed by atoms with Crippen LogP contribution in [0.2, 0.25) is 10.0 Å². The normalized spacial score (nSPS) is 10.6. The van der Waals surface area contributed by atoms with Gasteiger partial charge in [-0.2, -0.15) is 0 Å². The highest BCUT2D eigenvalue weighted by molar-refractivity contribution is 6.35. The van der Waals surface area contributed by atoms with Gasteiger partial charge in [0.1, 0.15) is 5.69 Å². The first-order chi connectivity index (χ1) is 9.93. The maximum atomic E-state index is 12.6. The summed E-state index contributed by atoms with van der Waals surface area (Å²) in [7, 11) is 0. The largest absolute Gasteiger partial charge is 0.481 e. The molecule has 0 fully saturated rings. The van der Waals surface area contributed by atoms with Crippen LogP contribution in [0.1, 0.15) is 28.7 Å². The minimum absolute atomic E-state index is 0.184. The predicted octanol–water partition coefficient (Wildman–Crippen LogP) is 3.67.